The van der Waals surface area contributed by atoms with Crippen LogP contribution in [-0.2, 0) is 0 Å². The van der Waals surface area contributed by atoms with Gasteiger partial charge in [0.05, 0.1) is 0 Å². The normalized spacial score (nSPS) is 42.6. The van der Waals surface area contributed by atoms with E-state index >= 15 is 0 Å². The molecule has 2 unspecified atom stereocenters. The molecule has 0 amide bonds. The summed E-state index contributed by atoms with van der Waals surface area (Å²) >= 11 is 0. The molecule has 3 rings (SSSR count). The summed E-state index contributed by atoms with van der Waals surface area (Å²) in [5, 5.41) is 0. The molecule has 4 atom stereocenters. The molecule has 0 radical (unpaired) electrons. The quantitative estimate of drug-likeness (QED) is 0.744. The zero-order chi connectivity index (χ0) is 11.7. The summed E-state index contributed by atoms with van der Waals surface area (Å²) in [6.45, 7) is 2.60. The van der Waals surface area contributed by atoms with E-state index in [0.29, 0.717) is 6.04 Å². The monoisotopic (exact) mass is 234 g/mol. The minimum absolute atomic E-state index is 0.326. The van der Waals surface area contributed by atoms with Crippen molar-refractivity contribution in [1.82, 2.24) is 4.90 Å². The maximum atomic E-state index is 5.96. The van der Waals surface area contributed by atoms with Gasteiger partial charge < -0.3 is 5.73 Å². The third-order valence-electron chi connectivity index (χ3n) is 5.03. The van der Waals surface area contributed by atoms with Gasteiger partial charge in [0.1, 0.15) is 0 Å². The molecular weight excluding hydrogens is 208 g/mol. The molecule has 1 aliphatic heterocycles. The Hall–Kier alpha value is -0.340. The first-order valence-corrected chi connectivity index (χ1v) is 7.51. The summed E-state index contributed by atoms with van der Waals surface area (Å²) in [7, 11) is 0. The van der Waals surface area contributed by atoms with Gasteiger partial charge >= 0.3 is 0 Å². The molecule has 2 fully saturated rings. The zero-order valence-corrected chi connectivity index (χ0v) is 10.9. The fraction of sp³-hybridized carbons (Fsp3) is 0.867. The smallest absolute Gasteiger partial charge is 0.0229 e. The van der Waals surface area contributed by atoms with Gasteiger partial charge in [-0.3, -0.25) is 4.90 Å². The average molecular weight is 234 g/mol. The molecule has 2 nitrogen and oxygen atoms in total. The Labute approximate surface area is 105 Å². The molecule has 1 saturated heterocycles. The molecule has 0 aromatic carbocycles. The van der Waals surface area contributed by atoms with E-state index in [1.54, 1.807) is 0 Å². The van der Waals surface area contributed by atoms with E-state index in [1.807, 2.05) is 0 Å². The third-order valence-corrected chi connectivity index (χ3v) is 5.03. The summed E-state index contributed by atoms with van der Waals surface area (Å²) in [5.74, 6) is 1.74. The lowest BCUT2D eigenvalue weighted by Crippen LogP contribution is -2.48. The molecular formula is C15H26N2. The van der Waals surface area contributed by atoms with Crippen LogP contribution in [0.5, 0.6) is 0 Å². The minimum Gasteiger partial charge on any atom is -0.324 e. The molecule has 2 aliphatic carbocycles. The Bertz CT molecular complexity index is 285. The Morgan fingerprint density at radius 2 is 1.88 bits per heavy atom. The predicted molar refractivity (Wildman–Crippen MR) is 71.8 cm³/mol. The summed E-state index contributed by atoms with van der Waals surface area (Å²) in [4.78, 5) is 2.79. The van der Waals surface area contributed by atoms with Crippen molar-refractivity contribution in [2.75, 3.05) is 13.1 Å². The lowest BCUT2D eigenvalue weighted by atomic mass is 9.78. The van der Waals surface area contributed by atoms with Gasteiger partial charge in [-0.05, 0) is 50.5 Å². The van der Waals surface area contributed by atoms with Crippen LogP contribution in [-0.4, -0.2) is 30.1 Å². The van der Waals surface area contributed by atoms with Crippen molar-refractivity contribution in [1.29, 1.82) is 0 Å². The lowest BCUT2D eigenvalue weighted by Gasteiger charge is -2.45. The summed E-state index contributed by atoms with van der Waals surface area (Å²) in [6.07, 6.45) is 14.5. The first-order valence-electron chi connectivity index (χ1n) is 7.51. The van der Waals surface area contributed by atoms with Crippen LogP contribution in [0.25, 0.3) is 0 Å². The number of piperidine rings is 1. The van der Waals surface area contributed by atoms with Crippen LogP contribution in [0.15, 0.2) is 12.2 Å². The summed E-state index contributed by atoms with van der Waals surface area (Å²) in [5.41, 5.74) is 5.96. The molecule has 2 heteroatoms. The number of rotatable bonds is 2. The first kappa shape index (κ1) is 11.7. The van der Waals surface area contributed by atoms with Gasteiger partial charge in [0.15, 0.2) is 0 Å². The topological polar surface area (TPSA) is 29.3 Å². The van der Waals surface area contributed by atoms with Gasteiger partial charge in [0.2, 0.25) is 0 Å². The lowest BCUT2D eigenvalue weighted by molar-refractivity contribution is 0.0526. The summed E-state index contributed by atoms with van der Waals surface area (Å²) in [6, 6.07) is 1.23. The highest BCUT2D eigenvalue weighted by Gasteiger charge is 2.34. The van der Waals surface area contributed by atoms with E-state index in [1.165, 1.54) is 58.0 Å². The molecule has 1 heterocycles. The fourth-order valence-corrected chi connectivity index (χ4v) is 4.20. The molecule has 0 spiro atoms. The second-order valence-electron chi connectivity index (χ2n) is 6.29. The van der Waals surface area contributed by atoms with Crippen LogP contribution in [0.2, 0.25) is 0 Å². The number of nitrogens with two attached hydrogens (primary N) is 1. The largest absolute Gasteiger partial charge is 0.324 e. The standard InChI is InChI=1S/C15H26N2/c16-14-8-7-12(10-14)11-17-9-3-5-13-4-1-2-6-15(13)17/h7-8,12-15H,1-6,9-11,16H2/t12?,13-,14?,15-/m1/s1. The van der Waals surface area contributed by atoms with Gasteiger partial charge in [-0.2, -0.15) is 0 Å². The molecule has 96 valence electrons. The summed E-state index contributed by atoms with van der Waals surface area (Å²) < 4.78 is 0. The predicted octanol–water partition coefficient (Wildman–Crippen LogP) is 2.54. The second kappa shape index (κ2) is 5.11. The zero-order valence-electron chi connectivity index (χ0n) is 10.9. The van der Waals surface area contributed by atoms with Gasteiger partial charge in [-0.15, -0.1) is 0 Å². The van der Waals surface area contributed by atoms with Crippen LogP contribution in [0.3, 0.4) is 0 Å². The van der Waals surface area contributed by atoms with Crippen LogP contribution in [0.1, 0.15) is 44.9 Å². The Balaban J connectivity index is 1.59. The highest BCUT2D eigenvalue weighted by molar-refractivity contribution is 5.06. The Morgan fingerprint density at radius 1 is 1.06 bits per heavy atom. The molecule has 0 bridgehead atoms. The van der Waals surface area contributed by atoms with Crippen molar-refractivity contribution in [3.63, 3.8) is 0 Å². The highest BCUT2D eigenvalue weighted by Crippen LogP contribution is 2.36. The van der Waals surface area contributed by atoms with Gasteiger partial charge in [-0.1, -0.05) is 25.0 Å². The van der Waals surface area contributed by atoms with Gasteiger partial charge in [-0.25, -0.2) is 0 Å². The maximum absolute atomic E-state index is 5.96. The van der Waals surface area contributed by atoms with Crippen LogP contribution in [0.4, 0.5) is 0 Å². The Morgan fingerprint density at radius 3 is 2.71 bits per heavy atom. The van der Waals surface area contributed by atoms with Crippen molar-refractivity contribution >= 4 is 0 Å². The van der Waals surface area contributed by atoms with Crippen molar-refractivity contribution in [2.24, 2.45) is 17.6 Å². The number of likely N-dealkylation sites (tertiary alicyclic amines) is 1. The number of hydrogen-bond acceptors (Lipinski definition) is 2. The molecule has 2 N–H and O–H groups in total. The third kappa shape index (κ3) is 2.58. The van der Waals surface area contributed by atoms with Crippen LogP contribution in [0, 0.1) is 11.8 Å². The van der Waals surface area contributed by atoms with Crippen LogP contribution < -0.4 is 5.73 Å². The average Bonchev–Trinajstić information content (AvgIpc) is 2.75. The van der Waals surface area contributed by atoms with Crippen molar-refractivity contribution in [3.8, 4) is 0 Å². The molecule has 3 aliphatic rings. The van der Waals surface area contributed by atoms with E-state index in [2.05, 4.69) is 17.1 Å². The minimum atomic E-state index is 0.326. The Kier molecular flexibility index (Phi) is 3.53. The first-order chi connectivity index (χ1) is 8.33. The van der Waals surface area contributed by atoms with E-state index in [9.17, 15) is 0 Å². The fourth-order valence-electron chi connectivity index (χ4n) is 4.20. The van der Waals surface area contributed by atoms with E-state index in [4.69, 9.17) is 5.73 Å². The molecule has 0 aromatic heterocycles. The SMILES string of the molecule is NC1C=CC(CN2CCC[C@H]3CCCC[C@H]32)C1. The van der Waals surface area contributed by atoms with Crippen molar-refractivity contribution < 1.29 is 0 Å². The van der Waals surface area contributed by atoms with Crippen LogP contribution >= 0.6 is 0 Å². The second-order valence-corrected chi connectivity index (χ2v) is 6.29. The number of fused-ring (bicyclic) bond motifs is 1. The van der Waals surface area contributed by atoms with Crippen molar-refractivity contribution in [2.45, 2.75) is 57.0 Å². The highest BCUT2D eigenvalue weighted by atomic mass is 15.2. The molecule has 17 heavy (non-hydrogen) atoms. The number of nitrogens with zero attached hydrogens (tertiary/aromatic N) is 1. The van der Waals surface area contributed by atoms with E-state index in [0.717, 1.165) is 17.9 Å². The van der Waals surface area contributed by atoms with Crippen molar-refractivity contribution in [3.05, 3.63) is 12.2 Å². The maximum Gasteiger partial charge on any atom is 0.0229 e. The van der Waals surface area contributed by atoms with E-state index in [-0.39, 0.29) is 0 Å². The molecule has 1 saturated carbocycles. The number of hydrogen-bond donors (Lipinski definition) is 1. The van der Waals surface area contributed by atoms with E-state index < -0.39 is 0 Å². The molecule has 0 aromatic rings. The van der Waals surface area contributed by atoms with Gasteiger partial charge in [0.25, 0.3) is 0 Å². The van der Waals surface area contributed by atoms with Gasteiger partial charge in [0, 0.05) is 18.6 Å².